The predicted molar refractivity (Wildman–Crippen MR) is 113 cm³/mol. The van der Waals surface area contributed by atoms with E-state index < -0.39 is 6.09 Å². The standard InChI is InChI=1S/C22H22Cl2N2O5/c23-16-2-1-3-17(24)19(16)20-15(21(31-25-20)11-4-5-11)10-18(27)30-14-8-12-6-7-13(9-14)26(12)22(28)29/h1-3,11-14H,4-10H2,(H,28,29)/t12-,13+,14+. The largest absolute Gasteiger partial charge is 0.465 e. The molecule has 1 amide bonds. The zero-order valence-corrected chi connectivity index (χ0v) is 18.2. The predicted octanol–water partition coefficient (Wildman–Crippen LogP) is 5.28. The highest BCUT2D eigenvalue weighted by molar-refractivity contribution is 6.39. The van der Waals surface area contributed by atoms with Crippen molar-refractivity contribution in [3.63, 3.8) is 0 Å². The molecule has 3 fully saturated rings. The van der Waals surface area contributed by atoms with Crippen LogP contribution in [0, 0.1) is 0 Å². The third-order valence-electron chi connectivity index (χ3n) is 6.50. The molecule has 1 N–H and O–H groups in total. The first-order valence-electron chi connectivity index (χ1n) is 10.6. The van der Waals surface area contributed by atoms with Gasteiger partial charge in [-0.05, 0) is 37.8 Å². The van der Waals surface area contributed by atoms with Gasteiger partial charge in [0.15, 0.2) is 0 Å². The number of rotatable bonds is 5. The number of esters is 1. The minimum atomic E-state index is -0.892. The maximum atomic E-state index is 12.9. The Labute approximate surface area is 189 Å². The molecule has 2 aromatic rings. The Balaban J connectivity index is 1.35. The van der Waals surface area contributed by atoms with Crippen molar-refractivity contribution in [3.8, 4) is 11.3 Å². The Bertz CT molecular complexity index is 1000. The van der Waals surface area contributed by atoms with Gasteiger partial charge in [-0.15, -0.1) is 0 Å². The van der Waals surface area contributed by atoms with Gasteiger partial charge in [-0.1, -0.05) is 34.4 Å². The zero-order chi connectivity index (χ0) is 21.7. The molecular weight excluding hydrogens is 443 g/mol. The fourth-order valence-corrected chi connectivity index (χ4v) is 5.56. The lowest BCUT2D eigenvalue weighted by Crippen LogP contribution is -2.48. The molecule has 3 heterocycles. The molecule has 1 aromatic carbocycles. The first kappa shape index (κ1) is 20.6. The first-order valence-corrected chi connectivity index (χ1v) is 11.3. The fraction of sp³-hybridized carbons (Fsp3) is 0.500. The number of ether oxygens (including phenoxy) is 1. The van der Waals surface area contributed by atoms with Crippen LogP contribution < -0.4 is 0 Å². The summed E-state index contributed by atoms with van der Waals surface area (Å²) in [6.07, 6.45) is 3.53. The summed E-state index contributed by atoms with van der Waals surface area (Å²) in [5.74, 6) is 0.575. The molecule has 2 saturated heterocycles. The van der Waals surface area contributed by atoms with Gasteiger partial charge in [0.2, 0.25) is 0 Å². The van der Waals surface area contributed by atoms with Crippen molar-refractivity contribution in [2.45, 2.75) is 69.1 Å². The fourth-order valence-electron chi connectivity index (χ4n) is 4.99. The number of amides is 1. The number of aromatic nitrogens is 1. The van der Waals surface area contributed by atoms with Crippen LogP contribution in [0.4, 0.5) is 4.79 Å². The molecule has 1 aliphatic carbocycles. The summed E-state index contributed by atoms with van der Waals surface area (Å²) in [5, 5.41) is 14.5. The summed E-state index contributed by atoms with van der Waals surface area (Å²) >= 11 is 12.8. The van der Waals surface area contributed by atoms with Gasteiger partial charge in [0.1, 0.15) is 17.6 Å². The summed E-state index contributed by atoms with van der Waals surface area (Å²) in [5.41, 5.74) is 1.71. The number of fused-ring (bicyclic) bond motifs is 2. The van der Waals surface area contributed by atoms with Gasteiger partial charge in [0.05, 0.1) is 16.5 Å². The Morgan fingerprint density at radius 1 is 1.13 bits per heavy atom. The summed E-state index contributed by atoms with van der Waals surface area (Å²) in [7, 11) is 0. The van der Waals surface area contributed by atoms with E-state index in [4.69, 9.17) is 32.5 Å². The van der Waals surface area contributed by atoms with Crippen LogP contribution in [0.2, 0.25) is 10.0 Å². The Kier molecular flexibility index (Phi) is 5.34. The molecular formula is C22H22Cl2N2O5. The third kappa shape index (κ3) is 3.89. The highest BCUT2D eigenvalue weighted by Gasteiger charge is 2.44. The van der Waals surface area contributed by atoms with Crippen molar-refractivity contribution in [2.24, 2.45) is 0 Å². The van der Waals surface area contributed by atoms with Crippen molar-refractivity contribution in [2.75, 3.05) is 0 Å². The normalized spacial score (nSPS) is 25.0. The third-order valence-corrected chi connectivity index (χ3v) is 7.13. The van der Waals surface area contributed by atoms with Crippen LogP contribution in [0.3, 0.4) is 0 Å². The smallest absolute Gasteiger partial charge is 0.407 e. The number of benzene rings is 1. The van der Waals surface area contributed by atoms with Gasteiger partial charge in [0.25, 0.3) is 0 Å². The van der Waals surface area contributed by atoms with Gasteiger partial charge in [-0.2, -0.15) is 0 Å². The minimum Gasteiger partial charge on any atom is -0.465 e. The molecule has 2 bridgehead atoms. The molecule has 3 aliphatic rings. The van der Waals surface area contributed by atoms with Gasteiger partial charge >= 0.3 is 12.1 Å². The van der Waals surface area contributed by atoms with E-state index in [1.54, 1.807) is 18.2 Å². The Morgan fingerprint density at radius 2 is 1.77 bits per heavy atom. The van der Waals surface area contributed by atoms with Crippen LogP contribution in [0.5, 0.6) is 0 Å². The molecule has 164 valence electrons. The molecule has 0 spiro atoms. The number of piperidine rings is 1. The van der Waals surface area contributed by atoms with E-state index in [0.29, 0.717) is 45.5 Å². The number of halogens is 2. The summed E-state index contributed by atoms with van der Waals surface area (Å²) in [6, 6.07) is 5.04. The SMILES string of the molecule is O=C(Cc1c(-c2c(Cl)cccc2Cl)noc1C1CC1)O[C@H]1C[C@H]2CC[C@@H](C1)N2C(=O)O. The van der Waals surface area contributed by atoms with E-state index in [-0.39, 0.29) is 36.5 Å². The van der Waals surface area contributed by atoms with Gasteiger partial charge < -0.3 is 19.3 Å². The highest BCUT2D eigenvalue weighted by Crippen LogP contribution is 2.46. The van der Waals surface area contributed by atoms with Crippen molar-refractivity contribution in [3.05, 3.63) is 39.6 Å². The van der Waals surface area contributed by atoms with E-state index >= 15 is 0 Å². The Hall–Kier alpha value is -2.25. The molecule has 1 aromatic heterocycles. The molecule has 5 rings (SSSR count). The van der Waals surface area contributed by atoms with Crippen molar-refractivity contribution in [1.29, 1.82) is 0 Å². The number of nitrogens with zero attached hydrogens (tertiary/aromatic N) is 2. The highest BCUT2D eigenvalue weighted by atomic mass is 35.5. The average molecular weight is 465 g/mol. The second-order valence-corrected chi connectivity index (χ2v) is 9.39. The van der Waals surface area contributed by atoms with E-state index in [2.05, 4.69) is 5.16 Å². The number of hydrogen-bond acceptors (Lipinski definition) is 5. The van der Waals surface area contributed by atoms with Crippen molar-refractivity contribution in [1.82, 2.24) is 10.1 Å². The lowest BCUT2D eigenvalue weighted by atomic mass is 9.99. The topological polar surface area (TPSA) is 92.9 Å². The van der Waals surface area contributed by atoms with Crippen LogP contribution in [0.15, 0.2) is 22.7 Å². The number of carbonyl (C=O) groups is 2. The number of carboxylic acid groups (broad SMARTS) is 1. The minimum absolute atomic E-state index is 0.0146. The molecule has 1 saturated carbocycles. The van der Waals surface area contributed by atoms with Crippen LogP contribution >= 0.6 is 23.2 Å². The second kappa shape index (κ2) is 8.02. The number of hydrogen-bond donors (Lipinski definition) is 1. The van der Waals surface area contributed by atoms with Crippen LogP contribution in [-0.2, 0) is 16.0 Å². The lowest BCUT2D eigenvalue weighted by molar-refractivity contribution is -0.151. The van der Waals surface area contributed by atoms with Gasteiger partial charge in [-0.25, -0.2) is 4.79 Å². The lowest BCUT2D eigenvalue weighted by Gasteiger charge is -2.36. The molecule has 3 atom stereocenters. The van der Waals surface area contributed by atoms with Gasteiger partial charge in [0, 0.05) is 42.0 Å². The van der Waals surface area contributed by atoms with E-state index in [1.165, 1.54) is 4.90 Å². The van der Waals surface area contributed by atoms with Crippen molar-refractivity contribution >= 4 is 35.3 Å². The summed E-state index contributed by atoms with van der Waals surface area (Å²) in [6.45, 7) is 0. The molecule has 0 unspecified atom stereocenters. The molecule has 2 aliphatic heterocycles. The van der Waals surface area contributed by atoms with E-state index in [1.807, 2.05) is 0 Å². The number of carbonyl (C=O) groups excluding carboxylic acids is 1. The zero-order valence-electron chi connectivity index (χ0n) is 16.7. The van der Waals surface area contributed by atoms with E-state index in [9.17, 15) is 14.7 Å². The first-order chi connectivity index (χ1) is 14.9. The monoisotopic (exact) mass is 464 g/mol. The molecule has 9 heteroatoms. The molecule has 7 nitrogen and oxygen atoms in total. The van der Waals surface area contributed by atoms with Crippen LogP contribution in [0.1, 0.15) is 55.8 Å². The summed E-state index contributed by atoms with van der Waals surface area (Å²) < 4.78 is 11.4. The maximum absolute atomic E-state index is 12.9. The average Bonchev–Trinajstić information content (AvgIpc) is 3.41. The summed E-state index contributed by atoms with van der Waals surface area (Å²) in [4.78, 5) is 25.9. The quantitative estimate of drug-likeness (QED) is 0.604. The van der Waals surface area contributed by atoms with Crippen LogP contribution in [0.25, 0.3) is 11.3 Å². The van der Waals surface area contributed by atoms with E-state index in [0.717, 1.165) is 25.7 Å². The van der Waals surface area contributed by atoms with Crippen molar-refractivity contribution < 1.29 is 24.0 Å². The molecule has 31 heavy (non-hydrogen) atoms. The van der Waals surface area contributed by atoms with Crippen LogP contribution in [-0.4, -0.2) is 45.4 Å². The maximum Gasteiger partial charge on any atom is 0.407 e. The molecule has 0 radical (unpaired) electrons. The second-order valence-electron chi connectivity index (χ2n) is 8.58. The van der Waals surface area contributed by atoms with Gasteiger partial charge in [-0.3, -0.25) is 4.79 Å². The Morgan fingerprint density at radius 3 is 2.35 bits per heavy atom.